The molecule has 19 heavy (non-hydrogen) atoms. The van der Waals surface area contributed by atoms with Crippen molar-refractivity contribution < 1.29 is 9.53 Å². The van der Waals surface area contributed by atoms with Crippen molar-refractivity contribution in [2.24, 2.45) is 5.73 Å². The van der Waals surface area contributed by atoms with Crippen molar-refractivity contribution in [3.8, 4) is 5.75 Å². The van der Waals surface area contributed by atoms with Gasteiger partial charge in [-0.25, -0.2) is 0 Å². The van der Waals surface area contributed by atoms with Gasteiger partial charge in [0.2, 0.25) is 5.91 Å². The quantitative estimate of drug-likeness (QED) is 0.893. The molecule has 0 aliphatic rings. The number of amides is 1. The smallest absolute Gasteiger partial charge is 0.248 e. The number of nitrogens with two attached hydrogens (primary N) is 1. The molecule has 98 valence electrons. The molecular formula is C16H17NO2. The first-order valence-corrected chi connectivity index (χ1v) is 6.30. The summed E-state index contributed by atoms with van der Waals surface area (Å²) in [7, 11) is 0. The number of rotatable bonds is 5. The highest BCUT2D eigenvalue weighted by atomic mass is 16.5. The van der Waals surface area contributed by atoms with Gasteiger partial charge in [-0.05, 0) is 30.2 Å². The molecule has 0 fully saturated rings. The molecule has 0 aliphatic heterocycles. The van der Waals surface area contributed by atoms with E-state index in [9.17, 15) is 4.79 Å². The summed E-state index contributed by atoms with van der Waals surface area (Å²) in [5, 5.41) is 0. The number of para-hydroxylation sites is 1. The van der Waals surface area contributed by atoms with Crippen LogP contribution in [0.4, 0.5) is 0 Å². The van der Waals surface area contributed by atoms with Crippen LogP contribution in [0.5, 0.6) is 5.75 Å². The predicted octanol–water partition coefficient (Wildman–Crippen LogP) is 2.77. The molecule has 2 aromatic carbocycles. The Hall–Kier alpha value is -2.29. The van der Waals surface area contributed by atoms with E-state index >= 15 is 0 Å². The zero-order valence-electron chi connectivity index (χ0n) is 10.9. The van der Waals surface area contributed by atoms with Gasteiger partial charge >= 0.3 is 0 Å². The second kappa shape index (κ2) is 6.05. The van der Waals surface area contributed by atoms with Crippen LogP contribution in [0.3, 0.4) is 0 Å². The maximum Gasteiger partial charge on any atom is 0.248 e. The average molecular weight is 255 g/mol. The fourth-order valence-electron chi connectivity index (χ4n) is 2.07. The Balaban J connectivity index is 2.34. The second-order valence-electron chi connectivity index (χ2n) is 4.24. The molecule has 0 unspecified atom stereocenters. The largest absolute Gasteiger partial charge is 0.494 e. The lowest BCUT2D eigenvalue weighted by atomic mass is 9.99. The van der Waals surface area contributed by atoms with Gasteiger partial charge in [-0.2, -0.15) is 0 Å². The van der Waals surface area contributed by atoms with Crippen LogP contribution in [0.1, 0.15) is 28.4 Å². The summed E-state index contributed by atoms with van der Waals surface area (Å²) in [6, 6.07) is 15.2. The van der Waals surface area contributed by atoms with Gasteiger partial charge in [0.25, 0.3) is 0 Å². The Kier molecular flexibility index (Phi) is 4.18. The molecule has 2 N–H and O–H groups in total. The Labute approximate surface area is 113 Å². The third kappa shape index (κ3) is 3.13. The minimum Gasteiger partial charge on any atom is -0.494 e. The summed E-state index contributed by atoms with van der Waals surface area (Å²) in [6.07, 6.45) is 0.634. The van der Waals surface area contributed by atoms with Crippen molar-refractivity contribution in [2.45, 2.75) is 13.3 Å². The van der Waals surface area contributed by atoms with E-state index in [0.29, 0.717) is 18.6 Å². The molecule has 0 saturated heterocycles. The topological polar surface area (TPSA) is 52.3 Å². The Morgan fingerprint density at radius 1 is 1.05 bits per heavy atom. The molecule has 1 amide bonds. The molecule has 0 heterocycles. The lowest BCUT2D eigenvalue weighted by Crippen LogP contribution is -2.13. The molecular weight excluding hydrogens is 238 g/mol. The van der Waals surface area contributed by atoms with Gasteiger partial charge in [0.05, 0.1) is 6.61 Å². The van der Waals surface area contributed by atoms with Gasteiger partial charge < -0.3 is 10.5 Å². The number of carbonyl (C=O) groups excluding carboxylic acids is 1. The summed E-state index contributed by atoms with van der Waals surface area (Å²) in [6.45, 7) is 2.57. The Morgan fingerprint density at radius 3 is 2.37 bits per heavy atom. The van der Waals surface area contributed by atoms with Crippen LogP contribution in [-0.2, 0) is 6.42 Å². The molecule has 2 rings (SSSR count). The van der Waals surface area contributed by atoms with Crippen molar-refractivity contribution in [2.75, 3.05) is 6.61 Å². The first-order valence-electron chi connectivity index (χ1n) is 6.30. The number of hydrogen-bond acceptors (Lipinski definition) is 2. The highest BCUT2D eigenvalue weighted by molar-refractivity contribution is 5.94. The maximum atomic E-state index is 11.4. The van der Waals surface area contributed by atoms with Gasteiger partial charge in [-0.1, -0.05) is 36.4 Å². The standard InChI is InChI=1S/C16H17NO2/c1-2-19-15-10-6-4-8-13(15)11-12-7-3-5-9-14(12)16(17)18/h3-10H,2,11H2,1H3,(H2,17,18). The molecule has 0 bridgehead atoms. The normalized spacial score (nSPS) is 10.2. The second-order valence-corrected chi connectivity index (χ2v) is 4.24. The fourth-order valence-corrected chi connectivity index (χ4v) is 2.07. The number of carbonyl (C=O) groups is 1. The molecule has 2 aromatic rings. The van der Waals surface area contributed by atoms with Crippen molar-refractivity contribution >= 4 is 5.91 Å². The van der Waals surface area contributed by atoms with Gasteiger partial charge in [-0.15, -0.1) is 0 Å². The molecule has 0 radical (unpaired) electrons. The van der Waals surface area contributed by atoms with Crippen LogP contribution in [0.15, 0.2) is 48.5 Å². The minimum atomic E-state index is -0.399. The first-order chi connectivity index (χ1) is 9.22. The molecule has 3 nitrogen and oxygen atoms in total. The van der Waals surface area contributed by atoms with E-state index in [1.165, 1.54) is 0 Å². The summed E-state index contributed by atoms with van der Waals surface area (Å²) in [4.78, 5) is 11.4. The van der Waals surface area contributed by atoms with Gasteiger partial charge in [0.15, 0.2) is 0 Å². The monoisotopic (exact) mass is 255 g/mol. The third-order valence-electron chi connectivity index (χ3n) is 2.94. The molecule has 3 heteroatoms. The minimum absolute atomic E-state index is 0.399. The SMILES string of the molecule is CCOc1ccccc1Cc1ccccc1C(N)=O. The predicted molar refractivity (Wildman–Crippen MR) is 75.4 cm³/mol. The van der Waals surface area contributed by atoms with Crippen molar-refractivity contribution in [1.29, 1.82) is 0 Å². The molecule has 0 atom stereocenters. The van der Waals surface area contributed by atoms with Crippen LogP contribution in [0.2, 0.25) is 0 Å². The zero-order valence-corrected chi connectivity index (χ0v) is 10.9. The number of primary amides is 1. The Bertz CT molecular complexity index is 578. The molecule has 0 aromatic heterocycles. The lowest BCUT2D eigenvalue weighted by molar-refractivity contribution is 0.0999. The van der Waals surface area contributed by atoms with Crippen LogP contribution >= 0.6 is 0 Å². The van der Waals surface area contributed by atoms with Gasteiger partial charge in [0.1, 0.15) is 5.75 Å². The number of hydrogen-bond donors (Lipinski definition) is 1. The van der Waals surface area contributed by atoms with E-state index in [-0.39, 0.29) is 0 Å². The van der Waals surface area contributed by atoms with E-state index < -0.39 is 5.91 Å². The first kappa shape index (κ1) is 13.1. The van der Waals surface area contributed by atoms with Crippen molar-refractivity contribution in [3.63, 3.8) is 0 Å². The van der Waals surface area contributed by atoms with Gasteiger partial charge in [0, 0.05) is 12.0 Å². The molecule has 0 spiro atoms. The van der Waals surface area contributed by atoms with Crippen molar-refractivity contribution in [3.05, 3.63) is 65.2 Å². The van der Waals surface area contributed by atoms with Crippen LogP contribution in [0.25, 0.3) is 0 Å². The molecule has 0 saturated carbocycles. The van der Waals surface area contributed by atoms with E-state index in [2.05, 4.69) is 0 Å². The highest BCUT2D eigenvalue weighted by Gasteiger charge is 2.10. The Morgan fingerprint density at radius 2 is 1.68 bits per heavy atom. The van der Waals surface area contributed by atoms with E-state index in [0.717, 1.165) is 16.9 Å². The molecule has 0 aliphatic carbocycles. The average Bonchev–Trinajstić information content (AvgIpc) is 2.42. The van der Waals surface area contributed by atoms with Gasteiger partial charge in [-0.3, -0.25) is 4.79 Å². The number of benzene rings is 2. The summed E-state index contributed by atoms with van der Waals surface area (Å²) in [5.41, 5.74) is 7.93. The number of ether oxygens (including phenoxy) is 1. The maximum absolute atomic E-state index is 11.4. The van der Waals surface area contributed by atoms with Crippen molar-refractivity contribution in [1.82, 2.24) is 0 Å². The van der Waals surface area contributed by atoms with Crippen LogP contribution in [-0.4, -0.2) is 12.5 Å². The third-order valence-corrected chi connectivity index (χ3v) is 2.94. The van der Waals surface area contributed by atoms with E-state index in [4.69, 9.17) is 10.5 Å². The van der Waals surface area contributed by atoms with E-state index in [1.807, 2.05) is 49.4 Å². The lowest BCUT2D eigenvalue weighted by Gasteiger charge is -2.11. The highest BCUT2D eigenvalue weighted by Crippen LogP contribution is 2.22. The summed E-state index contributed by atoms with van der Waals surface area (Å²) >= 11 is 0. The fraction of sp³-hybridized carbons (Fsp3) is 0.188. The van der Waals surface area contributed by atoms with Crippen LogP contribution in [0, 0.1) is 0 Å². The zero-order chi connectivity index (χ0) is 13.7. The summed E-state index contributed by atoms with van der Waals surface area (Å²) < 4.78 is 5.59. The van der Waals surface area contributed by atoms with Crippen LogP contribution < -0.4 is 10.5 Å². The summed E-state index contributed by atoms with van der Waals surface area (Å²) in [5.74, 6) is 0.453. The van der Waals surface area contributed by atoms with E-state index in [1.54, 1.807) is 6.07 Å².